The highest BCUT2D eigenvalue weighted by Gasteiger charge is 2.25. The highest BCUT2D eigenvalue weighted by molar-refractivity contribution is 14.1. The Hall–Kier alpha value is 0.860. The summed E-state index contributed by atoms with van der Waals surface area (Å²) in [5.41, 5.74) is 0.364. The van der Waals surface area contributed by atoms with Gasteiger partial charge in [0.2, 0.25) is 0 Å². The van der Waals surface area contributed by atoms with E-state index in [-0.39, 0.29) is 11.4 Å². The van der Waals surface area contributed by atoms with Crippen LogP contribution in [0.25, 0.3) is 0 Å². The molecule has 0 aliphatic heterocycles. The second-order valence-corrected chi connectivity index (χ2v) is 7.13. The fourth-order valence-electron chi connectivity index (χ4n) is 1.12. The van der Waals surface area contributed by atoms with Crippen molar-refractivity contribution >= 4 is 76.3 Å². The number of alkyl halides is 2. The third-order valence-corrected chi connectivity index (χ3v) is 6.02. The number of nitrogens with one attached hydrogen (secondary N) is 1. The zero-order chi connectivity index (χ0) is 13.1. The molecule has 0 fully saturated rings. The third kappa shape index (κ3) is 4.47. The Morgan fingerprint density at radius 2 is 2.00 bits per heavy atom. The van der Waals surface area contributed by atoms with Crippen LogP contribution >= 0.6 is 70.4 Å². The Labute approximate surface area is 140 Å². The lowest BCUT2D eigenvalue weighted by Crippen LogP contribution is -2.49. The zero-order valence-corrected chi connectivity index (χ0v) is 16.0. The van der Waals surface area contributed by atoms with Crippen LogP contribution in [0.5, 0.6) is 0 Å². The highest BCUT2D eigenvalue weighted by Crippen LogP contribution is 2.21. The van der Waals surface area contributed by atoms with Crippen LogP contribution in [0.15, 0.2) is 22.7 Å². The topological polar surface area (TPSA) is 29.1 Å². The van der Waals surface area contributed by atoms with Crippen LogP contribution in [0.4, 0.5) is 0 Å². The number of hydrogen-bond donors (Lipinski definition) is 1. The molecule has 1 amide bonds. The average molecular weight is 540 g/mol. The summed E-state index contributed by atoms with van der Waals surface area (Å²) in [6.45, 7) is 1.98. The van der Waals surface area contributed by atoms with Gasteiger partial charge in [-0.3, -0.25) is 4.79 Å². The molecule has 0 spiro atoms. The standard InChI is InChI=1S/C11H11Br3INO/c1-11(5-12,6-13)16-10(17)8-4-7(15)2-3-9(8)14/h2-4H,5-6H2,1H3,(H,16,17). The number of carbonyl (C=O) groups excluding carboxylic acids is 1. The van der Waals surface area contributed by atoms with Crippen molar-refractivity contribution in [3.8, 4) is 0 Å². The van der Waals surface area contributed by atoms with Crippen LogP contribution in [-0.2, 0) is 0 Å². The first-order valence-corrected chi connectivity index (χ1v) is 8.93. The van der Waals surface area contributed by atoms with Gasteiger partial charge in [0.15, 0.2) is 0 Å². The minimum Gasteiger partial charge on any atom is -0.345 e. The van der Waals surface area contributed by atoms with Crippen LogP contribution in [0, 0.1) is 3.57 Å². The molecule has 0 aliphatic carbocycles. The second-order valence-electron chi connectivity index (χ2n) is 3.91. The van der Waals surface area contributed by atoms with E-state index in [9.17, 15) is 4.79 Å². The second kappa shape index (κ2) is 6.86. The minimum absolute atomic E-state index is 0.0724. The Balaban J connectivity index is 2.94. The van der Waals surface area contributed by atoms with Crippen molar-refractivity contribution in [3.05, 3.63) is 31.8 Å². The van der Waals surface area contributed by atoms with Gasteiger partial charge >= 0.3 is 0 Å². The van der Waals surface area contributed by atoms with E-state index < -0.39 is 0 Å². The van der Waals surface area contributed by atoms with Crippen molar-refractivity contribution in [3.63, 3.8) is 0 Å². The molecule has 2 nitrogen and oxygen atoms in total. The monoisotopic (exact) mass is 537 g/mol. The van der Waals surface area contributed by atoms with Crippen molar-refractivity contribution < 1.29 is 4.79 Å². The number of benzene rings is 1. The Morgan fingerprint density at radius 3 is 2.53 bits per heavy atom. The SMILES string of the molecule is CC(CBr)(CBr)NC(=O)c1cc(I)ccc1Br. The van der Waals surface area contributed by atoms with Crippen LogP contribution in [0.1, 0.15) is 17.3 Å². The molecule has 0 heterocycles. The van der Waals surface area contributed by atoms with Crippen LogP contribution in [0.2, 0.25) is 0 Å². The average Bonchev–Trinajstić information content (AvgIpc) is 2.32. The normalized spacial score (nSPS) is 11.4. The minimum atomic E-state index is -0.294. The molecule has 0 saturated heterocycles. The van der Waals surface area contributed by atoms with E-state index in [1.807, 2.05) is 25.1 Å². The molecule has 17 heavy (non-hydrogen) atoms. The molecule has 1 aromatic carbocycles. The van der Waals surface area contributed by atoms with E-state index in [0.717, 1.165) is 8.04 Å². The van der Waals surface area contributed by atoms with Crippen molar-refractivity contribution in [2.75, 3.05) is 10.7 Å². The van der Waals surface area contributed by atoms with E-state index in [1.165, 1.54) is 0 Å². The van der Waals surface area contributed by atoms with Gasteiger partial charge < -0.3 is 5.32 Å². The summed E-state index contributed by atoms with van der Waals surface area (Å²) >= 11 is 12.4. The Bertz CT molecular complexity index is 421. The number of hydrogen-bond acceptors (Lipinski definition) is 1. The van der Waals surface area contributed by atoms with E-state index >= 15 is 0 Å². The number of halogens is 4. The van der Waals surface area contributed by atoms with E-state index in [2.05, 4.69) is 75.7 Å². The molecule has 6 heteroatoms. The van der Waals surface area contributed by atoms with Gasteiger partial charge in [-0.2, -0.15) is 0 Å². The number of amides is 1. The highest BCUT2D eigenvalue weighted by atomic mass is 127. The molecule has 94 valence electrons. The maximum Gasteiger partial charge on any atom is 0.252 e. The molecule has 1 rings (SSSR count). The number of carbonyl (C=O) groups is 1. The van der Waals surface area contributed by atoms with Gasteiger partial charge in [-0.25, -0.2) is 0 Å². The summed E-state index contributed by atoms with van der Waals surface area (Å²) in [5, 5.41) is 4.40. The first-order chi connectivity index (χ1) is 7.91. The van der Waals surface area contributed by atoms with Gasteiger partial charge in [0.25, 0.3) is 5.91 Å². The fourth-order valence-corrected chi connectivity index (χ4v) is 3.24. The van der Waals surface area contributed by atoms with Crippen molar-refractivity contribution in [2.24, 2.45) is 0 Å². The first-order valence-electron chi connectivity index (χ1n) is 4.81. The molecule has 1 N–H and O–H groups in total. The van der Waals surface area contributed by atoms with Gasteiger partial charge in [-0.15, -0.1) is 0 Å². The quantitative estimate of drug-likeness (QED) is 0.448. The van der Waals surface area contributed by atoms with Gasteiger partial charge in [0.05, 0.1) is 11.1 Å². The van der Waals surface area contributed by atoms with Gasteiger partial charge in [-0.05, 0) is 63.6 Å². The maximum absolute atomic E-state index is 12.2. The summed E-state index contributed by atoms with van der Waals surface area (Å²) in [6.07, 6.45) is 0. The van der Waals surface area contributed by atoms with Crippen molar-refractivity contribution in [1.82, 2.24) is 5.32 Å². The fraction of sp³-hybridized carbons (Fsp3) is 0.364. The van der Waals surface area contributed by atoms with Crippen LogP contribution < -0.4 is 5.32 Å². The predicted octanol–water partition coefficient (Wildman–Crippen LogP) is 4.33. The number of rotatable bonds is 4. The van der Waals surface area contributed by atoms with Crippen LogP contribution in [0.3, 0.4) is 0 Å². The largest absolute Gasteiger partial charge is 0.345 e. The van der Waals surface area contributed by atoms with Gasteiger partial charge in [0.1, 0.15) is 0 Å². The third-order valence-electron chi connectivity index (χ3n) is 2.18. The molecule has 0 saturated carbocycles. The zero-order valence-electron chi connectivity index (χ0n) is 9.07. The van der Waals surface area contributed by atoms with Crippen molar-refractivity contribution in [1.29, 1.82) is 0 Å². The molecule has 0 unspecified atom stereocenters. The van der Waals surface area contributed by atoms with Gasteiger partial charge in [0, 0.05) is 18.7 Å². The summed E-state index contributed by atoms with van der Waals surface area (Å²) in [4.78, 5) is 12.2. The molecular weight excluding hydrogens is 529 g/mol. The molecule has 0 bridgehead atoms. The maximum atomic E-state index is 12.2. The summed E-state index contributed by atoms with van der Waals surface area (Å²) in [7, 11) is 0. The van der Waals surface area contributed by atoms with Crippen molar-refractivity contribution in [2.45, 2.75) is 12.5 Å². The molecule has 0 radical (unpaired) electrons. The summed E-state index contributed by atoms with van der Waals surface area (Å²) in [6, 6.07) is 5.70. The van der Waals surface area contributed by atoms with E-state index in [1.54, 1.807) is 0 Å². The Kier molecular flexibility index (Phi) is 6.42. The molecule has 0 aliphatic rings. The lowest BCUT2D eigenvalue weighted by molar-refractivity contribution is 0.0922. The van der Waals surface area contributed by atoms with E-state index in [0.29, 0.717) is 16.2 Å². The molecule has 0 aromatic heterocycles. The molecular formula is C11H11Br3INO. The first kappa shape index (κ1) is 15.9. The Morgan fingerprint density at radius 1 is 1.41 bits per heavy atom. The lowest BCUT2D eigenvalue weighted by Gasteiger charge is -2.26. The predicted molar refractivity (Wildman–Crippen MR) is 90.3 cm³/mol. The van der Waals surface area contributed by atoms with Gasteiger partial charge in [-0.1, -0.05) is 31.9 Å². The smallest absolute Gasteiger partial charge is 0.252 e. The lowest BCUT2D eigenvalue weighted by atomic mass is 10.1. The molecule has 0 atom stereocenters. The summed E-state index contributed by atoms with van der Waals surface area (Å²) < 4.78 is 1.84. The van der Waals surface area contributed by atoms with Crippen LogP contribution in [-0.4, -0.2) is 22.1 Å². The molecule has 1 aromatic rings. The summed E-state index contributed by atoms with van der Waals surface area (Å²) in [5.74, 6) is -0.0724. The van der Waals surface area contributed by atoms with E-state index in [4.69, 9.17) is 0 Å².